The first-order chi connectivity index (χ1) is 4.16. The second kappa shape index (κ2) is 3.82. The molecule has 0 aliphatic heterocycles. The van der Waals surface area contributed by atoms with Gasteiger partial charge in [-0.15, -0.1) is 0 Å². The van der Waals surface area contributed by atoms with Crippen molar-refractivity contribution in [3.05, 3.63) is 10.1 Å². The zero-order valence-electron chi connectivity index (χ0n) is 5.09. The lowest BCUT2D eigenvalue weighted by Crippen LogP contribution is -2.27. The summed E-state index contributed by atoms with van der Waals surface area (Å²) in [5, 5.41) is 11.7. The van der Waals surface area contributed by atoms with Gasteiger partial charge < -0.3 is 0 Å². The molecule has 0 unspecified atom stereocenters. The second-order valence-electron chi connectivity index (χ2n) is 1.44. The molecule has 9 heavy (non-hydrogen) atoms. The molecule has 0 heterocycles. The molecule has 0 bridgehead atoms. The fourth-order valence-electron chi connectivity index (χ4n) is 0.278. The number of nitrogens with zero attached hydrogens (tertiary/aromatic N) is 1. The molecule has 0 saturated carbocycles. The minimum absolute atomic E-state index is 0.286. The van der Waals surface area contributed by atoms with Crippen LogP contribution in [0.4, 0.5) is 0 Å². The van der Waals surface area contributed by atoms with Crippen LogP contribution in [0.1, 0.15) is 13.3 Å². The summed E-state index contributed by atoms with van der Waals surface area (Å²) in [5.41, 5.74) is 0. The summed E-state index contributed by atoms with van der Waals surface area (Å²) in [7, 11) is 0. The Bertz CT molecular complexity index is 123. The van der Waals surface area contributed by atoms with Gasteiger partial charge in [-0.25, -0.2) is 0 Å². The average Bonchev–Trinajstić information content (AvgIpc) is 1.83. The van der Waals surface area contributed by atoms with E-state index in [1.54, 1.807) is 6.92 Å². The Kier molecular flexibility index (Phi) is 3.34. The van der Waals surface area contributed by atoms with E-state index < -0.39 is 11.6 Å². The first-order valence-electron chi connectivity index (χ1n) is 2.55. The minimum Gasteiger partial charge on any atom is -0.296 e. The molecule has 0 spiro atoms. The highest BCUT2D eigenvalue weighted by Crippen LogP contribution is 1.72. The number of carbonyl (C=O) groups excluding carboxylic acids is 1. The van der Waals surface area contributed by atoms with E-state index >= 15 is 0 Å². The van der Waals surface area contributed by atoms with Crippen LogP contribution in [0.25, 0.3) is 0 Å². The lowest BCUT2D eigenvalue weighted by atomic mass is 10.5. The predicted octanol–water partition coefficient (Wildman–Crippen LogP) is -0.253. The molecule has 0 aromatic rings. The maximum Gasteiger partial charge on any atom is 0.277 e. The van der Waals surface area contributed by atoms with Crippen LogP contribution < -0.4 is 5.32 Å². The Morgan fingerprint density at radius 2 is 2.33 bits per heavy atom. The molecule has 0 fully saturated rings. The van der Waals surface area contributed by atoms with Gasteiger partial charge in [-0.05, 0) is 0 Å². The molecular weight excluding hydrogens is 124 g/mol. The standard InChI is InChI=1S/C4H8N2O3/c1-2-4(7)5-3-6(8)9/h2-3H2,1H3,(H,5,7). The van der Waals surface area contributed by atoms with Crippen LogP contribution in [-0.4, -0.2) is 17.5 Å². The summed E-state index contributed by atoms with van der Waals surface area (Å²) in [6.07, 6.45) is 0.286. The summed E-state index contributed by atoms with van der Waals surface area (Å²) in [6.45, 7) is 1.15. The fraction of sp³-hybridized carbons (Fsp3) is 0.750. The molecule has 1 N–H and O–H groups in total. The lowest BCUT2D eigenvalue weighted by Gasteiger charge is -1.93. The zero-order valence-corrected chi connectivity index (χ0v) is 5.09. The van der Waals surface area contributed by atoms with E-state index in [0.717, 1.165) is 0 Å². The molecule has 0 aromatic carbocycles. The van der Waals surface area contributed by atoms with Crippen LogP contribution in [0.15, 0.2) is 0 Å². The number of nitro groups is 1. The van der Waals surface area contributed by atoms with Crippen molar-refractivity contribution in [1.82, 2.24) is 5.32 Å². The van der Waals surface area contributed by atoms with Crippen LogP contribution in [0.5, 0.6) is 0 Å². The van der Waals surface area contributed by atoms with Gasteiger partial charge in [0.25, 0.3) is 6.67 Å². The van der Waals surface area contributed by atoms with E-state index in [1.165, 1.54) is 0 Å². The largest absolute Gasteiger partial charge is 0.296 e. The molecule has 0 aliphatic carbocycles. The van der Waals surface area contributed by atoms with E-state index in [4.69, 9.17) is 0 Å². The SMILES string of the molecule is CCC(=O)NC[N+](=O)[O-]. The van der Waals surface area contributed by atoms with Gasteiger partial charge in [-0.1, -0.05) is 6.92 Å². The van der Waals surface area contributed by atoms with Gasteiger partial charge >= 0.3 is 0 Å². The smallest absolute Gasteiger partial charge is 0.277 e. The topological polar surface area (TPSA) is 72.2 Å². The van der Waals surface area contributed by atoms with Gasteiger partial charge in [0.2, 0.25) is 5.91 Å². The average molecular weight is 132 g/mol. The van der Waals surface area contributed by atoms with Crippen molar-refractivity contribution in [2.24, 2.45) is 0 Å². The Labute approximate surface area is 52.2 Å². The second-order valence-corrected chi connectivity index (χ2v) is 1.44. The Hall–Kier alpha value is -1.13. The number of carbonyl (C=O) groups is 1. The van der Waals surface area contributed by atoms with Crippen molar-refractivity contribution in [3.63, 3.8) is 0 Å². The van der Waals surface area contributed by atoms with Crippen LogP contribution >= 0.6 is 0 Å². The normalized spacial score (nSPS) is 8.56. The monoisotopic (exact) mass is 132 g/mol. The van der Waals surface area contributed by atoms with Gasteiger partial charge in [0.1, 0.15) is 0 Å². The Morgan fingerprint density at radius 1 is 1.78 bits per heavy atom. The van der Waals surface area contributed by atoms with Gasteiger partial charge in [-0.3, -0.25) is 20.2 Å². The molecule has 0 rings (SSSR count). The minimum atomic E-state index is -0.590. The zero-order chi connectivity index (χ0) is 7.28. The van der Waals surface area contributed by atoms with Gasteiger partial charge in [-0.2, -0.15) is 0 Å². The summed E-state index contributed by atoms with van der Waals surface area (Å²) in [6, 6.07) is 0. The molecule has 0 radical (unpaired) electrons. The van der Waals surface area contributed by atoms with E-state index in [2.05, 4.69) is 5.32 Å². The van der Waals surface area contributed by atoms with Crippen molar-refractivity contribution >= 4 is 5.91 Å². The predicted molar refractivity (Wildman–Crippen MR) is 30.3 cm³/mol. The maximum atomic E-state index is 10.3. The molecule has 0 aliphatic rings. The lowest BCUT2D eigenvalue weighted by molar-refractivity contribution is -0.483. The summed E-state index contributed by atoms with van der Waals surface area (Å²) in [5.74, 6) is -0.299. The highest BCUT2D eigenvalue weighted by atomic mass is 16.6. The third-order valence-corrected chi connectivity index (χ3v) is 0.726. The van der Waals surface area contributed by atoms with Crippen LogP contribution in [0.3, 0.4) is 0 Å². The highest BCUT2D eigenvalue weighted by Gasteiger charge is 1.98. The van der Waals surface area contributed by atoms with E-state index in [-0.39, 0.29) is 12.3 Å². The first kappa shape index (κ1) is 7.87. The molecule has 52 valence electrons. The van der Waals surface area contributed by atoms with Crippen LogP contribution in [0.2, 0.25) is 0 Å². The van der Waals surface area contributed by atoms with Crippen molar-refractivity contribution in [1.29, 1.82) is 0 Å². The van der Waals surface area contributed by atoms with E-state index in [1.807, 2.05) is 0 Å². The molecular formula is C4H8N2O3. The van der Waals surface area contributed by atoms with Crippen LogP contribution in [-0.2, 0) is 4.79 Å². The maximum absolute atomic E-state index is 10.3. The van der Waals surface area contributed by atoms with Gasteiger partial charge in [0, 0.05) is 11.3 Å². The molecule has 0 atom stereocenters. The number of hydrogen-bond donors (Lipinski definition) is 1. The van der Waals surface area contributed by atoms with E-state index in [9.17, 15) is 14.9 Å². The molecule has 0 saturated heterocycles. The molecule has 0 aromatic heterocycles. The summed E-state index contributed by atoms with van der Waals surface area (Å²) >= 11 is 0. The third-order valence-electron chi connectivity index (χ3n) is 0.726. The number of nitrogens with one attached hydrogen (secondary N) is 1. The molecule has 5 nitrogen and oxygen atoms in total. The van der Waals surface area contributed by atoms with Crippen LogP contribution in [0, 0.1) is 10.1 Å². The first-order valence-corrected chi connectivity index (χ1v) is 2.55. The fourth-order valence-corrected chi connectivity index (χ4v) is 0.278. The Morgan fingerprint density at radius 3 is 2.67 bits per heavy atom. The van der Waals surface area contributed by atoms with Crippen molar-refractivity contribution in [3.8, 4) is 0 Å². The third kappa shape index (κ3) is 4.73. The highest BCUT2D eigenvalue weighted by molar-refractivity contribution is 5.75. The van der Waals surface area contributed by atoms with E-state index in [0.29, 0.717) is 0 Å². The molecule has 5 heteroatoms. The van der Waals surface area contributed by atoms with Gasteiger partial charge in [0.15, 0.2) is 0 Å². The number of rotatable bonds is 3. The van der Waals surface area contributed by atoms with Crippen molar-refractivity contribution in [2.75, 3.05) is 6.67 Å². The van der Waals surface area contributed by atoms with Crippen molar-refractivity contribution in [2.45, 2.75) is 13.3 Å². The van der Waals surface area contributed by atoms with Crippen molar-refractivity contribution < 1.29 is 9.72 Å². The molecule has 1 amide bonds. The number of amides is 1. The number of hydrogen-bond acceptors (Lipinski definition) is 3. The quantitative estimate of drug-likeness (QED) is 0.327. The summed E-state index contributed by atoms with van der Waals surface area (Å²) < 4.78 is 0. The summed E-state index contributed by atoms with van der Waals surface area (Å²) in [4.78, 5) is 19.3. The van der Waals surface area contributed by atoms with Gasteiger partial charge in [0.05, 0.1) is 0 Å². The Balaban J connectivity index is 3.28.